The number of benzene rings is 1. The highest BCUT2D eigenvalue weighted by Gasteiger charge is 2.57. The van der Waals surface area contributed by atoms with Gasteiger partial charge in [0.2, 0.25) is 5.91 Å². The molecule has 2 N–H and O–H groups in total. The highest BCUT2D eigenvalue weighted by Crippen LogP contribution is 2.44. The predicted octanol–water partition coefficient (Wildman–Crippen LogP) is 2.88. The summed E-state index contributed by atoms with van der Waals surface area (Å²) in [6.45, 7) is 1.00. The summed E-state index contributed by atoms with van der Waals surface area (Å²) in [4.78, 5) is 12.7. The van der Waals surface area contributed by atoms with Crippen LogP contribution in [0.5, 0.6) is 0 Å². The van der Waals surface area contributed by atoms with Gasteiger partial charge in [-0.1, -0.05) is 37.5 Å². The number of hydrogen-bond acceptors (Lipinski definition) is 4. The number of sulfone groups is 1. The van der Waals surface area contributed by atoms with Gasteiger partial charge in [-0.25, -0.2) is 8.42 Å². The molecule has 0 aromatic heterocycles. The predicted molar refractivity (Wildman–Crippen MR) is 100 cm³/mol. The molecule has 1 amide bonds. The lowest BCUT2D eigenvalue weighted by Crippen LogP contribution is -2.60. The van der Waals surface area contributed by atoms with Crippen molar-refractivity contribution in [2.45, 2.75) is 61.4 Å². The first-order valence-corrected chi connectivity index (χ1v) is 10.9. The van der Waals surface area contributed by atoms with Gasteiger partial charge in [-0.15, -0.1) is 0 Å². The van der Waals surface area contributed by atoms with Crippen molar-refractivity contribution in [3.05, 3.63) is 30.3 Å². The average Bonchev–Trinajstić information content (AvgIpc) is 2.59. The summed E-state index contributed by atoms with van der Waals surface area (Å²) < 4.78 is 25.1. The van der Waals surface area contributed by atoms with Crippen LogP contribution in [0.4, 0.5) is 5.69 Å². The molecule has 0 atom stereocenters. The fraction of sp³-hybridized carbons (Fsp3) is 0.632. The maximum Gasteiger partial charge on any atom is 0.241 e. The van der Waals surface area contributed by atoms with Gasteiger partial charge >= 0.3 is 0 Å². The van der Waals surface area contributed by atoms with Gasteiger partial charge in [0.05, 0.1) is 5.25 Å². The van der Waals surface area contributed by atoms with Crippen LogP contribution in [0, 0.1) is 0 Å². The lowest BCUT2D eigenvalue weighted by atomic mass is 9.83. The molecule has 0 heterocycles. The molecule has 0 radical (unpaired) electrons. The van der Waals surface area contributed by atoms with E-state index in [2.05, 4.69) is 10.6 Å². The number of carbonyl (C=O) groups excluding carboxylic acids is 1. The second kappa shape index (κ2) is 7.77. The summed E-state index contributed by atoms with van der Waals surface area (Å²) in [5.41, 5.74) is 0.991. The average molecular weight is 365 g/mol. The van der Waals surface area contributed by atoms with Gasteiger partial charge in [-0.2, -0.15) is 0 Å². The van der Waals surface area contributed by atoms with E-state index in [1.807, 2.05) is 30.3 Å². The topological polar surface area (TPSA) is 75.3 Å². The minimum absolute atomic E-state index is 0.292. The molecule has 3 rings (SSSR count). The van der Waals surface area contributed by atoms with Crippen molar-refractivity contribution in [2.24, 2.45) is 0 Å². The summed E-state index contributed by atoms with van der Waals surface area (Å²) in [7, 11) is -3.41. The number of nitrogens with one attached hydrogen (secondary N) is 2. The molecule has 0 spiro atoms. The van der Waals surface area contributed by atoms with Crippen LogP contribution in [-0.2, 0) is 14.6 Å². The lowest BCUT2D eigenvalue weighted by Gasteiger charge is -2.42. The van der Waals surface area contributed by atoms with Crippen LogP contribution < -0.4 is 10.6 Å². The smallest absolute Gasteiger partial charge is 0.241 e. The Morgan fingerprint density at radius 1 is 1.00 bits per heavy atom. The molecular weight excluding hydrogens is 336 g/mol. The second-order valence-electron chi connectivity index (χ2n) is 7.20. The highest BCUT2D eigenvalue weighted by atomic mass is 32.2. The summed E-state index contributed by atoms with van der Waals surface area (Å²) in [6.07, 6.45) is 6.23. The Morgan fingerprint density at radius 3 is 2.28 bits per heavy atom. The van der Waals surface area contributed by atoms with E-state index >= 15 is 0 Å². The van der Waals surface area contributed by atoms with E-state index in [1.165, 1.54) is 0 Å². The molecule has 0 unspecified atom stereocenters. The molecule has 2 aliphatic carbocycles. The van der Waals surface area contributed by atoms with Crippen molar-refractivity contribution in [1.82, 2.24) is 5.32 Å². The van der Waals surface area contributed by atoms with Gasteiger partial charge in [0.25, 0.3) is 0 Å². The third kappa shape index (κ3) is 3.68. The van der Waals surface area contributed by atoms with Gasteiger partial charge < -0.3 is 10.6 Å². The summed E-state index contributed by atoms with van der Waals surface area (Å²) >= 11 is 0. The van der Waals surface area contributed by atoms with Gasteiger partial charge in [0.1, 0.15) is 0 Å². The normalized spacial score (nSPS) is 20.5. The van der Waals surface area contributed by atoms with E-state index < -0.39 is 14.6 Å². The van der Waals surface area contributed by atoms with Crippen LogP contribution in [0.15, 0.2) is 30.3 Å². The Bertz CT molecular complexity index is 678. The SMILES string of the molecule is O=C(NCCNc1ccccc1)C1(S(=O)(=O)C2CCCCC2)CCC1. The number of anilines is 1. The Kier molecular flexibility index (Phi) is 5.67. The Hall–Kier alpha value is -1.56. The molecule has 2 fully saturated rings. The molecule has 1 aromatic rings. The molecule has 0 bridgehead atoms. The van der Waals surface area contributed by atoms with Crippen molar-refractivity contribution in [3.63, 3.8) is 0 Å². The van der Waals surface area contributed by atoms with Crippen molar-refractivity contribution in [3.8, 4) is 0 Å². The highest BCUT2D eigenvalue weighted by molar-refractivity contribution is 7.94. The zero-order valence-corrected chi connectivity index (χ0v) is 15.5. The van der Waals surface area contributed by atoms with Gasteiger partial charge in [0.15, 0.2) is 14.6 Å². The standard InChI is InChI=1S/C19H28N2O3S/c22-18(21-15-14-20-16-8-3-1-4-9-16)19(12-7-13-19)25(23,24)17-10-5-2-6-11-17/h1,3-4,8-9,17,20H,2,5-7,10-15H2,(H,21,22). The summed E-state index contributed by atoms with van der Waals surface area (Å²) in [5.74, 6) is -0.292. The molecule has 2 saturated carbocycles. The number of hydrogen-bond donors (Lipinski definition) is 2. The zero-order valence-electron chi connectivity index (χ0n) is 14.7. The minimum Gasteiger partial charge on any atom is -0.383 e. The van der Waals surface area contributed by atoms with Crippen LogP contribution in [0.3, 0.4) is 0 Å². The first kappa shape index (κ1) is 18.2. The van der Waals surface area contributed by atoms with E-state index in [0.29, 0.717) is 38.8 Å². The van der Waals surface area contributed by atoms with Crippen LogP contribution in [0.25, 0.3) is 0 Å². The Morgan fingerprint density at radius 2 is 1.68 bits per heavy atom. The van der Waals surface area contributed by atoms with E-state index in [4.69, 9.17) is 0 Å². The van der Waals surface area contributed by atoms with Gasteiger partial charge in [0, 0.05) is 18.8 Å². The first-order valence-electron chi connectivity index (χ1n) is 9.37. The maximum absolute atomic E-state index is 13.1. The fourth-order valence-electron chi connectivity index (χ4n) is 3.93. The lowest BCUT2D eigenvalue weighted by molar-refractivity contribution is -0.125. The molecule has 138 valence electrons. The van der Waals surface area contributed by atoms with Crippen molar-refractivity contribution in [1.29, 1.82) is 0 Å². The molecule has 25 heavy (non-hydrogen) atoms. The van der Waals surface area contributed by atoms with Crippen LogP contribution in [0.1, 0.15) is 51.4 Å². The zero-order chi connectivity index (χ0) is 17.8. The summed E-state index contributed by atoms with van der Waals surface area (Å²) in [5, 5.41) is 5.76. The molecule has 1 aromatic carbocycles. The van der Waals surface area contributed by atoms with Crippen LogP contribution in [-0.4, -0.2) is 37.4 Å². The van der Waals surface area contributed by atoms with Crippen molar-refractivity contribution >= 4 is 21.4 Å². The second-order valence-corrected chi connectivity index (χ2v) is 9.74. The van der Waals surface area contributed by atoms with E-state index in [0.717, 1.165) is 31.4 Å². The number of rotatable bonds is 7. The molecule has 0 aliphatic heterocycles. The monoisotopic (exact) mass is 364 g/mol. The largest absolute Gasteiger partial charge is 0.383 e. The van der Waals surface area contributed by atoms with E-state index in [1.54, 1.807) is 0 Å². The third-order valence-corrected chi connectivity index (χ3v) is 8.66. The fourth-order valence-corrected chi connectivity index (χ4v) is 6.71. The van der Waals surface area contributed by atoms with Gasteiger partial charge in [-0.3, -0.25) is 4.79 Å². The first-order chi connectivity index (χ1) is 12.1. The minimum atomic E-state index is -3.41. The molecule has 2 aliphatic rings. The number of para-hydroxylation sites is 1. The van der Waals surface area contributed by atoms with Gasteiger partial charge in [-0.05, 0) is 44.2 Å². The quantitative estimate of drug-likeness (QED) is 0.730. The van der Waals surface area contributed by atoms with E-state index in [9.17, 15) is 13.2 Å². The molecule has 5 nitrogen and oxygen atoms in total. The van der Waals surface area contributed by atoms with E-state index in [-0.39, 0.29) is 11.2 Å². The van der Waals surface area contributed by atoms with Crippen molar-refractivity contribution in [2.75, 3.05) is 18.4 Å². The summed E-state index contributed by atoms with van der Waals surface area (Å²) in [6, 6.07) is 9.76. The van der Waals surface area contributed by atoms with Crippen LogP contribution in [0.2, 0.25) is 0 Å². The Balaban J connectivity index is 1.57. The molecule has 6 heteroatoms. The number of amides is 1. The Labute approximate surface area is 150 Å². The maximum atomic E-state index is 13.1. The molecular formula is C19H28N2O3S. The third-order valence-electron chi connectivity index (χ3n) is 5.62. The van der Waals surface area contributed by atoms with Crippen molar-refractivity contribution < 1.29 is 13.2 Å². The molecule has 0 saturated heterocycles. The number of carbonyl (C=O) groups is 1. The van der Waals surface area contributed by atoms with Crippen LogP contribution >= 0.6 is 0 Å².